The average Bonchev–Trinajstić information content (AvgIpc) is 3.45. The van der Waals surface area contributed by atoms with Gasteiger partial charge in [-0.25, -0.2) is 9.59 Å². The normalized spacial score (nSPS) is 16.2. The Morgan fingerprint density at radius 1 is 1.10 bits per heavy atom. The molecule has 0 atom stereocenters. The van der Waals surface area contributed by atoms with Crippen molar-refractivity contribution >= 4 is 11.9 Å². The van der Waals surface area contributed by atoms with Gasteiger partial charge in [0.25, 0.3) is 0 Å². The molecule has 1 aliphatic heterocycles. The second-order valence-electron chi connectivity index (χ2n) is 6.90. The van der Waals surface area contributed by atoms with Crippen molar-refractivity contribution in [1.82, 2.24) is 9.88 Å². The predicted octanol–water partition coefficient (Wildman–Crippen LogP) is 3.26. The maximum atomic E-state index is 10.6. The minimum atomic E-state index is -5.08. The Bertz CT molecular complexity index is 726. The quantitative estimate of drug-likeness (QED) is 0.666. The summed E-state index contributed by atoms with van der Waals surface area (Å²) >= 11 is 0. The van der Waals surface area contributed by atoms with Gasteiger partial charge in [-0.15, -0.1) is 0 Å². The molecule has 176 valence electrons. The number of alkyl halides is 6. The summed E-state index contributed by atoms with van der Waals surface area (Å²) in [6.07, 6.45) is -2.15. The lowest BCUT2D eigenvalue weighted by Crippen LogP contribution is -2.32. The summed E-state index contributed by atoms with van der Waals surface area (Å²) in [5, 5.41) is 14.2. The van der Waals surface area contributed by atoms with Crippen molar-refractivity contribution in [3.63, 3.8) is 0 Å². The molecule has 1 aromatic heterocycles. The summed E-state index contributed by atoms with van der Waals surface area (Å²) in [6, 6.07) is 0. The zero-order valence-electron chi connectivity index (χ0n) is 16.5. The Kier molecular flexibility index (Phi) is 9.69. The largest absolute Gasteiger partial charge is 0.490 e. The van der Waals surface area contributed by atoms with Gasteiger partial charge < -0.3 is 14.9 Å². The molecule has 13 heteroatoms. The Morgan fingerprint density at radius 3 is 2.03 bits per heavy atom. The van der Waals surface area contributed by atoms with E-state index in [0.717, 1.165) is 18.9 Å². The summed E-state index contributed by atoms with van der Waals surface area (Å²) < 4.78 is 68.7. The van der Waals surface area contributed by atoms with Crippen LogP contribution < -0.4 is 0 Å². The van der Waals surface area contributed by atoms with Gasteiger partial charge in [-0.3, -0.25) is 9.88 Å². The lowest BCUT2D eigenvalue weighted by Gasteiger charge is -2.29. The van der Waals surface area contributed by atoms with Gasteiger partial charge in [0, 0.05) is 39.1 Å². The zero-order chi connectivity index (χ0) is 23.8. The molecular formula is C18H22F6N2O5. The predicted molar refractivity (Wildman–Crippen MR) is 94.0 cm³/mol. The Labute approximate surface area is 173 Å². The maximum Gasteiger partial charge on any atom is 0.490 e. The van der Waals surface area contributed by atoms with E-state index in [4.69, 9.17) is 24.5 Å². The van der Waals surface area contributed by atoms with Crippen LogP contribution in [0.25, 0.3) is 0 Å². The van der Waals surface area contributed by atoms with Crippen molar-refractivity contribution in [3.05, 3.63) is 29.1 Å². The van der Waals surface area contributed by atoms with Crippen molar-refractivity contribution in [2.45, 2.75) is 44.8 Å². The summed E-state index contributed by atoms with van der Waals surface area (Å²) in [7, 11) is 1.75. The van der Waals surface area contributed by atoms with Crippen molar-refractivity contribution < 1.29 is 50.9 Å². The molecule has 1 fully saturated rings. The highest BCUT2D eigenvalue weighted by molar-refractivity contribution is 5.73. The molecule has 31 heavy (non-hydrogen) atoms. The summed E-state index contributed by atoms with van der Waals surface area (Å²) in [5.74, 6) is -4.54. The second kappa shape index (κ2) is 11.3. The van der Waals surface area contributed by atoms with E-state index in [9.17, 15) is 26.3 Å². The number of halogens is 6. The molecule has 0 amide bonds. The molecule has 7 nitrogen and oxygen atoms in total. The zero-order valence-corrected chi connectivity index (χ0v) is 16.5. The van der Waals surface area contributed by atoms with Gasteiger partial charge >= 0.3 is 24.3 Å². The summed E-state index contributed by atoms with van der Waals surface area (Å²) in [5.41, 5.74) is 4.16. The third kappa shape index (κ3) is 9.96. The van der Waals surface area contributed by atoms with Crippen LogP contribution in [-0.4, -0.2) is 64.6 Å². The lowest BCUT2D eigenvalue weighted by atomic mass is 9.97. The van der Waals surface area contributed by atoms with Crippen LogP contribution in [0.2, 0.25) is 0 Å². The van der Waals surface area contributed by atoms with E-state index in [2.05, 4.69) is 9.88 Å². The minimum absolute atomic E-state index is 0.693. The van der Waals surface area contributed by atoms with Crippen LogP contribution in [0.1, 0.15) is 29.5 Å². The first kappa shape index (κ1) is 26.6. The number of ether oxygens (including phenoxy) is 1. The second-order valence-corrected chi connectivity index (χ2v) is 6.90. The molecule has 0 saturated heterocycles. The number of carboxylic acids is 2. The maximum absolute atomic E-state index is 10.6. The van der Waals surface area contributed by atoms with Gasteiger partial charge in [0.05, 0.1) is 6.61 Å². The van der Waals surface area contributed by atoms with Gasteiger partial charge in [-0.2, -0.15) is 26.3 Å². The molecule has 2 heterocycles. The lowest BCUT2D eigenvalue weighted by molar-refractivity contribution is -0.193. The van der Waals surface area contributed by atoms with Crippen molar-refractivity contribution in [1.29, 1.82) is 0 Å². The molecule has 1 aromatic rings. The molecule has 0 aromatic carbocycles. The fourth-order valence-electron chi connectivity index (χ4n) is 2.73. The van der Waals surface area contributed by atoms with Crippen LogP contribution in [0.15, 0.2) is 12.4 Å². The fraction of sp³-hybridized carbons (Fsp3) is 0.611. The van der Waals surface area contributed by atoms with Gasteiger partial charge in [0.15, 0.2) is 0 Å². The first-order valence-electron chi connectivity index (χ1n) is 9.01. The number of pyridine rings is 1. The topological polar surface area (TPSA) is 100.0 Å². The molecule has 3 rings (SSSR count). The van der Waals surface area contributed by atoms with E-state index in [0.29, 0.717) is 6.61 Å². The Hall–Kier alpha value is -2.41. The number of fused-ring (bicyclic) bond motifs is 1. The number of hydrogen-bond acceptors (Lipinski definition) is 5. The van der Waals surface area contributed by atoms with E-state index in [1.807, 2.05) is 12.4 Å². The first-order valence-corrected chi connectivity index (χ1v) is 9.01. The van der Waals surface area contributed by atoms with E-state index >= 15 is 0 Å². The van der Waals surface area contributed by atoms with Gasteiger partial charge in [-0.05, 0) is 41.9 Å². The van der Waals surface area contributed by atoms with Crippen molar-refractivity contribution in [2.24, 2.45) is 5.92 Å². The number of rotatable bonds is 4. The highest BCUT2D eigenvalue weighted by Gasteiger charge is 2.38. The van der Waals surface area contributed by atoms with E-state index in [1.54, 1.807) is 7.11 Å². The number of methoxy groups -OCH3 is 1. The van der Waals surface area contributed by atoms with Crippen LogP contribution in [-0.2, 0) is 33.9 Å². The van der Waals surface area contributed by atoms with Crippen LogP contribution in [0.4, 0.5) is 26.3 Å². The highest BCUT2D eigenvalue weighted by atomic mass is 19.4. The SMILES string of the molecule is COCc1cncc2c1CCN(CC1CC1)C2.O=C(O)C(F)(F)F.O=C(O)C(F)(F)F. The molecule has 2 N–H and O–H groups in total. The third-order valence-corrected chi connectivity index (χ3v) is 4.31. The third-order valence-electron chi connectivity index (χ3n) is 4.31. The average molecular weight is 460 g/mol. The van der Waals surface area contributed by atoms with Gasteiger partial charge in [-0.1, -0.05) is 0 Å². The Balaban J connectivity index is 0.000000288. The van der Waals surface area contributed by atoms with E-state index < -0.39 is 24.3 Å². The monoisotopic (exact) mass is 460 g/mol. The van der Waals surface area contributed by atoms with Crippen LogP contribution in [0.5, 0.6) is 0 Å². The number of aromatic nitrogens is 1. The molecular weight excluding hydrogens is 438 g/mol. The number of carbonyl (C=O) groups is 2. The molecule has 0 spiro atoms. The fourth-order valence-corrected chi connectivity index (χ4v) is 2.73. The Morgan fingerprint density at radius 2 is 1.61 bits per heavy atom. The molecule has 0 unspecified atom stereocenters. The number of aliphatic carboxylic acids is 2. The molecule has 1 saturated carbocycles. The van der Waals surface area contributed by atoms with Crippen molar-refractivity contribution in [3.8, 4) is 0 Å². The standard InChI is InChI=1S/C14H20N2O.2C2HF3O2/c1-17-10-13-7-15-6-12-9-16(5-4-14(12)13)8-11-2-3-11;2*3-2(4,5)1(6)7/h6-7,11H,2-5,8-10H2,1H3;2*(H,6,7). The molecule has 1 aliphatic carbocycles. The highest BCUT2D eigenvalue weighted by Crippen LogP contribution is 2.31. The number of carboxylic acid groups (broad SMARTS) is 2. The van der Waals surface area contributed by atoms with Gasteiger partial charge in [0.1, 0.15) is 0 Å². The number of nitrogens with zero attached hydrogens (tertiary/aromatic N) is 2. The van der Waals surface area contributed by atoms with Crippen LogP contribution in [0.3, 0.4) is 0 Å². The summed E-state index contributed by atoms with van der Waals surface area (Å²) in [6.45, 7) is 4.26. The van der Waals surface area contributed by atoms with Crippen molar-refractivity contribution in [2.75, 3.05) is 20.2 Å². The van der Waals surface area contributed by atoms with Crippen LogP contribution >= 0.6 is 0 Å². The smallest absolute Gasteiger partial charge is 0.475 e. The summed E-state index contributed by atoms with van der Waals surface area (Å²) in [4.78, 5) is 24.7. The minimum Gasteiger partial charge on any atom is -0.475 e. The van der Waals surface area contributed by atoms with Gasteiger partial charge in [0.2, 0.25) is 0 Å². The molecule has 0 radical (unpaired) electrons. The van der Waals surface area contributed by atoms with E-state index in [-0.39, 0.29) is 0 Å². The van der Waals surface area contributed by atoms with Crippen LogP contribution in [0, 0.1) is 5.92 Å². The van der Waals surface area contributed by atoms with E-state index in [1.165, 1.54) is 42.6 Å². The number of hydrogen-bond donors (Lipinski definition) is 2. The molecule has 2 aliphatic rings. The molecule has 0 bridgehead atoms. The first-order chi connectivity index (χ1) is 14.3.